The van der Waals surface area contributed by atoms with E-state index >= 15 is 0 Å². The zero-order valence-corrected chi connectivity index (χ0v) is 15.1. The second-order valence-corrected chi connectivity index (χ2v) is 6.12. The number of rotatable bonds is 5. The lowest BCUT2D eigenvalue weighted by molar-refractivity contribution is 0.0941. The van der Waals surface area contributed by atoms with Crippen LogP contribution >= 0.6 is 0 Å². The largest absolute Gasteiger partial charge is 0.378 e. The van der Waals surface area contributed by atoms with E-state index in [9.17, 15) is 13.6 Å². The fourth-order valence-electron chi connectivity index (χ4n) is 2.54. The lowest BCUT2D eigenvalue weighted by Crippen LogP contribution is -2.38. The Morgan fingerprint density at radius 2 is 1.85 bits per heavy atom. The molecule has 1 amide bonds. The molecule has 1 N–H and O–H groups in total. The van der Waals surface area contributed by atoms with Crippen LogP contribution < -0.4 is 15.1 Å². The van der Waals surface area contributed by atoms with Crippen LogP contribution in [0.2, 0.25) is 0 Å². The van der Waals surface area contributed by atoms with E-state index in [0.717, 1.165) is 12.1 Å². The number of nitrogens with zero attached hydrogens (tertiary/aromatic N) is 5. The molecule has 2 aromatic rings. The van der Waals surface area contributed by atoms with Gasteiger partial charge in [-0.3, -0.25) is 4.79 Å². The first-order chi connectivity index (χ1) is 13.0. The van der Waals surface area contributed by atoms with Gasteiger partial charge in [0.05, 0.1) is 19.8 Å². The minimum absolute atomic E-state index is 0.0900. The smallest absolute Gasteiger partial charge is 0.257 e. The molecular weight excluding hydrogens is 358 g/mol. The number of carbonyl (C=O) groups excluding carboxylic acids is 1. The van der Waals surface area contributed by atoms with Crippen molar-refractivity contribution in [2.45, 2.75) is 6.54 Å². The number of ether oxygens (including phenoxy) is 1. The Morgan fingerprint density at radius 1 is 1.19 bits per heavy atom. The quantitative estimate of drug-likeness (QED) is 0.830. The number of carbonyl (C=O) groups is 1. The van der Waals surface area contributed by atoms with Gasteiger partial charge in [0.1, 0.15) is 17.2 Å². The molecule has 2 heterocycles. The number of hydrogen-bond donors (Lipinski definition) is 1. The maximum absolute atomic E-state index is 13.7. The van der Waals surface area contributed by atoms with Gasteiger partial charge in [0.15, 0.2) is 5.82 Å². The molecule has 10 heteroatoms. The van der Waals surface area contributed by atoms with Crippen molar-refractivity contribution in [3.05, 3.63) is 41.2 Å². The molecule has 1 aromatic heterocycles. The molecule has 0 saturated carbocycles. The highest BCUT2D eigenvalue weighted by molar-refractivity contribution is 5.94. The minimum Gasteiger partial charge on any atom is -0.378 e. The summed E-state index contributed by atoms with van der Waals surface area (Å²) in [5.74, 6) is -1.53. The minimum atomic E-state index is -0.925. The number of morpholine rings is 1. The van der Waals surface area contributed by atoms with Crippen LogP contribution in [0, 0.1) is 11.6 Å². The lowest BCUT2D eigenvalue weighted by atomic mass is 10.2. The normalized spacial score (nSPS) is 14.1. The van der Waals surface area contributed by atoms with Gasteiger partial charge in [-0.25, -0.2) is 8.78 Å². The molecular formula is C17H20F2N6O2. The molecule has 0 radical (unpaired) electrons. The number of anilines is 2. The van der Waals surface area contributed by atoms with Crippen molar-refractivity contribution in [3.63, 3.8) is 0 Å². The summed E-state index contributed by atoms with van der Waals surface area (Å²) in [4.78, 5) is 28.9. The van der Waals surface area contributed by atoms with Gasteiger partial charge in [0.2, 0.25) is 11.9 Å². The third-order valence-corrected chi connectivity index (χ3v) is 3.95. The predicted octanol–water partition coefficient (Wildman–Crippen LogP) is 0.982. The summed E-state index contributed by atoms with van der Waals surface area (Å²) in [6.07, 6.45) is 0. The van der Waals surface area contributed by atoms with Crippen molar-refractivity contribution < 1.29 is 18.3 Å². The molecule has 1 fully saturated rings. The van der Waals surface area contributed by atoms with Gasteiger partial charge in [-0.2, -0.15) is 15.0 Å². The van der Waals surface area contributed by atoms with E-state index < -0.39 is 23.1 Å². The maximum Gasteiger partial charge on any atom is 0.257 e. The molecule has 0 unspecified atom stereocenters. The van der Waals surface area contributed by atoms with Gasteiger partial charge in [0.25, 0.3) is 5.91 Å². The van der Waals surface area contributed by atoms with Crippen LogP contribution in [0.25, 0.3) is 0 Å². The Labute approximate surface area is 155 Å². The third kappa shape index (κ3) is 4.45. The van der Waals surface area contributed by atoms with Crippen LogP contribution in [-0.2, 0) is 11.3 Å². The highest BCUT2D eigenvalue weighted by atomic mass is 19.1. The first kappa shape index (κ1) is 18.9. The molecule has 1 aromatic carbocycles. The molecule has 3 rings (SSSR count). The van der Waals surface area contributed by atoms with Crippen LogP contribution in [0.3, 0.4) is 0 Å². The number of hydrogen-bond acceptors (Lipinski definition) is 7. The number of amides is 1. The fourth-order valence-corrected chi connectivity index (χ4v) is 2.54. The molecule has 0 bridgehead atoms. The number of nitrogens with one attached hydrogen (secondary N) is 1. The van der Waals surface area contributed by atoms with Gasteiger partial charge in [0, 0.05) is 27.2 Å². The highest BCUT2D eigenvalue weighted by Gasteiger charge is 2.19. The molecule has 8 nitrogen and oxygen atoms in total. The maximum atomic E-state index is 13.7. The van der Waals surface area contributed by atoms with E-state index in [1.807, 2.05) is 4.90 Å². The Bertz CT molecular complexity index is 807. The Kier molecular flexibility index (Phi) is 5.75. The van der Waals surface area contributed by atoms with Crippen LogP contribution in [-0.4, -0.2) is 61.3 Å². The van der Waals surface area contributed by atoms with Crippen molar-refractivity contribution in [1.82, 2.24) is 20.3 Å². The van der Waals surface area contributed by atoms with Crippen molar-refractivity contribution in [2.24, 2.45) is 0 Å². The summed E-state index contributed by atoms with van der Waals surface area (Å²) in [6.45, 7) is 2.34. The predicted molar refractivity (Wildman–Crippen MR) is 94.7 cm³/mol. The molecule has 1 aliphatic heterocycles. The van der Waals surface area contributed by atoms with E-state index in [1.165, 1.54) is 6.07 Å². The molecule has 0 atom stereocenters. The molecule has 0 aliphatic carbocycles. The first-order valence-corrected chi connectivity index (χ1v) is 8.43. The van der Waals surface area contributed by atoms with Gasteiger partial charge in [-0.1, -0.05) is 6.07 Å². The highest BCUT2D eigenvalue weighted by Crippen LogP contribution is 2.15. The number of halogens is 2. The van der Waals surface area contributed by atoms with Crippen molar-refractivity contribution in [1.29, 1.82) is 0 Å². The summed E-state index contributed by atoms with van der Waals surface area (Å²) in [5.41, 5.74) is -0.632. The molecule has 144 valence electrons. The zero-order valence-electron chi connectivity index (χ0n) is 15.1. The Hall–Kier alpha value is -2.88. The van der Waals surface area contributed by atoms with Gasteiger partial charge < -0.3 is 19.9 Å². The standard InChI is InChI=1S/C17H20F2N6O2/c1-24(2)16-21-13(22-17(23-16)25-6-8-27-9-7-25)10-20-15(26)14-11(18)4-3-5-12(14)19/h3-5H,6-10H2,1-2H3,(H,20,26). The van der Waals surface area contributed by atoms with E-state index in [0.29, 0.717) is 44.0 Å². The van der Waals surface area contributed by atoms with Crippen molar-refractivity contribution >= 4 is 17.8 Å². The van der Waals surface area contributed by atoms with Gasteiger partial charge in [-0.15, -0.1) is 0 Å². The molecule has 1 saturated heterocycles. The second kappa shape index (κ2) is 8.21. The Balaban J connectivity index is 1.79. The lowest BCUT2D eigenvalue weighted by Gasteiger charge is -2.27. The van der Waals surface area contributed by atoms with Gasteiger partial charge >= 0.3 is 0 Å². The van der Waals surface area contributed by atoms with Crippen LogP contribution in [0.5, 0.6) is 0 Å². The second-order valence-electron chi connectivity index (χ2n) is 6.12. The number of aromatic nitrogens is 3. The van der Waals surface area contributed by atoms with Crippen molar-refractivity contribution in [3.8, 4) is 0 Å². The topological polar surface area (TPSA) is 83.5 Å². The fraction of sp³-hybridized carbons (Fsp3) is 0.412. The summed E-state index contributed by atoms with van der Waals surface area (Å²) in [7, 11) is 3.57. The molecule has 27 heavy (non-hydrogen) atoms. The average molecular weight is 378 g/mol. The van der Waals surface area contributed by atoms with Crippen LogP contribution in [0.15, 0.2) is 18.2 Å². The van der Waals surface area contributed by atoms with E-state index in [2.05, 4.69) is 20.3 Å². The number of benzene rings is 1. The SMILES string of the molecule is CN(C)c1nc(CNC(=O)c2c(F)cccc2F)nc(N2CCOCC2)n1. The first-order valence-electron chi connectivity index (χ1n) is 8.43. The monoisotopic (exact) mass is 378 g/mol. The summed E-state index contributed by atoms with van der Waals surface area (Å²) in [5, 5.41) is 2.46. The zero-order chi connectivity index (χ0) is 19.4. The van der Waals surface area contributed by atoms with Crippen LogP contribution in [0.1, 0.15) is 16.2 Å². The van der Waals surface area contributed by atoms with E-state index in [4.69, 9.17) is 4.74 Å². The van der Waals surface area contributed by atoms with E-state index in [-0.39, 0.29) is 6.54 Å². The summed E-state index contributed by atoms with van der Waals surface area (Å²) in [6, 6.07) is 3.26. The molecule has 0 spiro atoms. The summed E-state index contributed by atoms with van der Waals surface area (Å²) < 4.78 is 32.8. The van der Waals surface area contributed by atoms with Gasteiger partial charge in [-0.05, 0) is 12.1 Å². The Morgan fingerprint density at radius 3 is 2.48 bits per heavy atom. The van der Waals surface area contributed by atoms with E-state index in [1.54, 1.807) is 19.0 Å². The molecule has 1 aliphatic rings. The van der Waals surface area contributed by atoms with Crippen LogP contribution in [0.4, 0.5) is 20.7 Å². The average Bonchev–Trinajstić information content (AvgIpc) is 2.66. The summed E-state index contributed by atoms with van der Waals surface area (Å²) >= 11 is 0. The third-order valence-electron chi connectivity index (χ3n) is 3.95. The van der Waals surface area contributed by atoms with Crippen molar-refractivity contribution in [2.75, 3.05) is 50.2 Å².